The Hall–Kier alpha value is -0.380. The Bertz CT molecular complexity index is 107. The molecule has 0 saturated carbocycles. The van der Waals surface area contributed by atoms with Crippen molar-refractivity contribution >= 4 is 0 Å². The average molecular weight is 176 g/mol. The zero-order chi connectivity index (χ0) is 10.1. The topological polar surface area (TPSA) is 49.7 Å². The van der Waals surface area contributed by atoms with Crippen LogP contribution in [0.4, 0.5) is 0 Å². The van der Waals surface area contributed by atoms with Crippen LogP contribution in [0.15, 0.2) is 11.6 Å². The highest BCUT2D eigenvalue weighted by atomic mass is 16.7. The summed E-state index contributed by atoms with van der Waals surface area (Å²) >= 11 is 0. The van der Waals surface area contributed by atoms with Crippen LogP contribution in [0, 0.1) is 0 Å². The van der Waals surface area contributed by atoms with Crippen molar-refractivity contribution in [1.82, 2.24) is 0 Å². The van der Waals surface area contributed by atoms with Crippen molar-refractivity contribution in [2.75, 3.05) is 0 Å². The molecule has 0 aromatic rings. The van der Waals surface area contributed by atoms with Gasteiger partial charge in [0.15, 0.2) is 12.6 Å². The number of ether oxygens (including phenoxy) is 1. The van der Waals surface area contributed by atoms with Gasteiger partial charge in [-0.3, -0.25) is 0 Å². The fourth-order valence-corrected chi connectivity index (χ4v) is 0.285. The van der Waals surface area contributed by atoms with Gasteiger partial charge >= 0.3 is 0 Å². The second kappa shape index (κ2) is 8.71. The first-order chi connectivity index (χ1) is 5.40. The first kappa shape index (κ1) is 14.2. The van der Waals surface area contributed by atoms with Gasteiger partial charge in [0, 0.05) is 0 Å². The summed E-state index contributed by atoms with van der Waals surface area (Å²) in [5.41, 5.74) is 1.38. The molecule has 3 heteroatoms. The Labute approximate surface area is 74.7 Å². The van der Waals surface area contributed by atoms with Gasteiger partial charge in [0.25, 0.3) is 0 Å². The molecule has 0 aromatic carbocycles. The molecular formula is C9H20O3. The molecular weight excluding hydrogens is 156 g/mol. The summed E-state index contributed by atoms with van der Waals surface area (Å²) in [6, 6.07) is 0. The smallest absolute Gasteiger partial charge is 0.154 e. The molecule has 0 saturated heterocycles. The van der Waals surface area contributed by atoms with E-state index >= 15 is 0 Å². The van der Waals surface area contributed by atoms with Crippen LogP contribution in [0.2, 0.25) is 0 Å². The highest BCUT2D eigenvalue weighted by Gasteiger charge is 1.97. The molecule has 0 aliphatic rings. The molecule has 0 amide bonds. The van der Waals surface area contributed by atoms with E-state index in [2.05, 4.69) is 24.7 Å². The Morgan fingerprint density at radius 3 is 1.42 bits per heavy atom. The molecule has 0 heterocycles. The third-order valence-electron chi connectivity index (χ3n) is 0.971. The maximum absolute atomic E-state index is 8.34. The quantitative estimate of drug-likeness (QED) is 0.497. The van der Waals surface area contributed by atoms with Crippen molar-refractivity contribution in [3.05, 3.63) is 11.6 Å². The van der Waals surface area contributed by atoms with Gasteiger partial charge in [-0.2, -0.15) is 0 Å². The van der Waals surface area contributed by atoms with E-state index in [1.807, 2.05) is 6.92 Å². The van der Waals surface area contributed by atoms with Gasteiger partial charge in [0.05, 0.1) is 0 Å². The Balaban J connectivity index is 0. The summed E-state index contributed by atoms with van der Waals surface area (Å²) in [4.78, 5) is 0. The summed E-state index contributed by atoms with van der Waals surface area (Å²) in [7, 11) is 0. The van der Waals surface area contributed by atoms with Crippen molar-refractivity contribution in [2.45, 2.75) is 47.2 Å². The van der Waals surface area contributed by atoms with E-state index in [0.717, 1.165) is 0 Å². The third kappa shape index (κ3) is 22.6. The largest absolute Gasteiger partial charge is 0.368 e. The maximum Gasteiger partial charge on any atom is 0.154 e. The minimum atomic E-state index is -0.875. The zero-order valence-electron chi connectivity index (χ0n) is 8.53. The molecule has 0 fully saturated rings. The lowest BCUT2D eigenvalue weighted by Gasteiger charge is -2.07. The van der Waals surface area contributed by atoms with Gasteiger partial charge in [0.1, 0.15) is 0 Å². The van der Waals surface area contributed by atoms with Crippen molar-refractivity contribution < 1.29 is 14.9 Å². The SMILES string of the molecule is CC(O)OC(C)O.CC=C(C)C. The zero-order valence-corrected chi connectivity index (χ0v) is 8.53. The number of rotatable bonds is 2. The third-order valence-corrected chi connectivity index (χ3v) is 0.971. The number of aliphatic hydroxyl groups is 2. The molecule has 0 aromatic heterocycles. The van der Waals surface area contributed by atoms with Crippen molar-refractivity contribution in [1.29, 1.82) is 0 Å². The van der Waals surface area contributed by atoms with Crippen LogP contribution < -0.4 is 0 Å². The van der Waals surface area contributed by atoms with Crippen LogP contribution in [0.5, 0.6) is 0 Å². The van der Waals surface area contributed by atoms with Gasteiger partial charge in [-0.1, -0.05) is 11.6 Å². The first-order valence-electron chi connectivity index (χ1n) is 4.01. The lowest BCUT2D eigenvalue weighted by atomic mass is 10.3. The van der Waals surface area contributed by atoms with E-state index in [0.29, 0.717) is 0 Å². The van der Waals surface area contributed by atoms with E-state index in [4.69, 9.17) is 10.2 Å². The van der Waals surface area contributed by atoms with Gasteiger partial charge in [0.2, 0.25) is 0 Å². The van der Waals surface area contributed by atoms with E-state index in [9.17, 15) is 0 Å². The van der Waals surface area contributed by atoms with Crippen molar-refractivity contribution in [2.24, 2.45) is 0 Å². The minimum absolute atomic E-state index is 0.875. The van der Waals surface area contributed by atoms with Crippen LogP contribution in [-0.2, 0) is 4.74 Å². The van der Waals surface area contributed by atoms with E-state index in [1.54, 1.807) is 0 Å². The molecule has 0 spiro atoms. The minimum Gasteiger partial charge on any atom is -0.368 e. The Morgan fingerprint density at radius 1 is 1.17 bits per heavy atom. The molecule has 0 radical (unpaired) electrons. The van der Waals surface area contributed by atoms with Crippen LogP contribution >= 0.6 is 0 Å². The fraction of sp³-hybridized carbons (Fsp3) is 0.778. The second-order valence-corrected chi connectivity index (χ2v) is 2.70. The molecule has 74 valence electrons. The summed E-state index contributed by atoms with van der Waals surface area (Å²) in [5.74, 6) is 0. The summed E-state index contributed by atoms with van der Waals surface area (Å²) in [6.07, 6.45) is 0.333. The molecule has 0 aliphatic carbocycles. The molecule has 2 N–H and O–H groups in total. The maximum atomic E-state index is 8.34. The monoisotopic (exact) mass is 176 g/mol. The number of aliphatic hydroxyl groups excluding tert-OH is 2. The second-order valence-electron chi connectivity index (χ2n) is 2.70. The average Bonchev–Trinajstić information content (AvgIpc) is 1.85. The molecule has 0 rings (SSSR count). The summed E-state index contributed by atoms with van der Waals surface area (Å²) < 4.78 is 4.36. The lowest BCUT2D eigenvalue weighted by Crippen LogP contribution is -2.14. The highest BCUT2D eigenvalue weighted by molar-refractivity contribution is 4.88. The molecule has 0 bridgehead atoms. The Morgan fingerprint density at radius 2 is 1.42 bits per heavy atom. The van der Waals surface area contributed by atoms with Crippen LogP contribution in [-0.4, -0.2) is 22.8 Å². The molecule has 0 aliphatic heterocycles. The number of hydrogen-bond acceptors (Lipinski definition) is 3. The van der Waals surface area contributed by atoms with Crippen molar-refractivity contribution in [3.63, 3.8) is 0 Å². The van der Waals surface area contributed by atoms with Crippen LogP contribution in [0.25, 0.3) is 0 Å². The van der Waals surface area contributed by atoms with Crippen molar-refractivity contribution in [3.8, 4) is 0 Å². The Kier molecular flexibility index (Phi) is 10.3. The summed E-state index contributed by atoms with van der Waals surface area (Å²) in [5, 5.41) is 16.7. The molecule has 3 nitrogen and oxygen atoms in total. The number of allylic oxidation sites excluding steroid dienone is 2. The van der Waals surface area contributed by atoms with E-state index in [1.165, 1.54) is 19.4 Å². The van der Waals surface area contributed by atoms with Crippen LogP contribution in [0.1, 0.15) is 34.6 Å². The fourth-order valence-electron chi connectivity index (χ4n) is 0.285. The molecule has 2 unspecified atom stereocenters. The first-order valence-corrected chi connectivity index (χ1v) is 4.01. The normalized spacial score (nSPS) is 13.9. The van der Waals surface area contributed by atoms with E-state index in [-0.39, 0.29) is 0 Å². The van der Waals surface area contributed by atoms with Gasteiger partial charge < -0.3 is 14.9 Å². The molecule has 12 heavy (non-hydrogen) atoms. The predicted molar refractivity (Wildman–Crippen MR) is 49.6 cm³/mol. The van der Waals surface area contributed by atoms with Gasteiger partial charge in [-0.15, -0.1) is 0 Å². The standard InChI is InChI=1S/C5H10.C4H10O3/c1-4-5(2)3;1-3(5)7-4(2)6/h4H,1-3H3;3-6H,1-2H3. The highest BCUT2D eigenvalue weighted by Crippen LogP contribution is 1.87. The van der Waals surface area contributed by atoms with Gasteiger partial charge in [-0.25, -0.2) is 0 Å². The summed E-state index contributed by atoms with van der Waals surface area (Å²) in [6.45, 7) is 9.08. The lowest BCUT2D eigenvalue weighted by molar-refractivity contribution is -0.190. The van der Waals surface area contributed by atoms with Crippen LogP contribution in [0.3, 0.4) is 0 Å². The molecule has 2 atom stereocenters. The number of hydrogen-bond donors (Lipinski definition) is 2. The van der Waals surface area contributed by atoms with Gasteiger partial charge in [-0.05, 0) is 34.6 Å². The van der Waals surface area contributed by atoms with E-state index < -0.39 is 12.6 Å². The predicted octanol–water partition coefficient (Wildman–Crippen LogP) is 1.65.